The molecule has 0 radical (unpaired) electrons. The maximum absolute atomic E-state index is 11.7. The van der Waals surface area contributed by atoms with Gasteiger partial charge in [0, 0.05) is 28.6 Å². The smallest absolute Gasteiger partial charge is 0.324 e. The van der Waals surface area contributed by atoms with Crippen LogP contribution < -0.4 is 5.32 Å². The van der Waals surface area contributed by atoms with Crippen molar-refractivity contribution in [3.63, 3.8) is 0 Å². The minimum Gasteiger partial charge on any atom is -0.329 e. The third-order valence-electron chi connectivity index (χ3n) is 4.35. The Balaban J connectivity index is 1.63. The van der Waals surface area contributed by atoms with Crippen LogP contribution in [0.3, 0.4) is 0 Å². The number of carbonyl (C=O) groups is 2. The fourth-order valence-corrected chi connectivity index (χ4v) is 4.12. The normalized spacial score (nSPS) is 13.8. The van der Waals surface area contributed by atoms with Gasteiger partial charge in [-0.2, -0.15) is 0 Å². The summed E-state index contributed by atoms with van der Waals surface area (Å²) in [5.74, 6) is 0.346. The van der Waals surface area contributed by atoms with E-state index in [1.807, 2.05) is 65.4 Å². The van der Waals surface area contributed by atoms with Crippen molar-refractivity contribution in [1.29, 1.82) is 0 Å². The molecule has 1 N–H and O–H groups in total. The van der Waals surface area contributed by atoms with Gasteiger partial charge in [0.05, 0.1) is 18.4 Å². The predicted molar refractivity (Wildman–Crippen MR) is 110 cm³/mol. The quantitative estimate of drug-likeness (QED) is 0.493. The number of thioether (sulfide) groups is 1. The number of benzene rings is 2. The Hall–Kier alpha value is -2.77. The zero-order valence-electron chi connectivity index (χ0n) is 14.8. The first-order valence-electron chi connectivity index (χ1n) is 8.73. The van der Waals surface area contributed by atoms with Gasteiger partial charge in [0.1, 0.15) is 0 Å². The van der Waals surface area contributed by atoms with Crippen LogP contribution in [0.15, 0.2) is 66.0 Å². The molecule has 4 rings (SSSR count). The van der Waals surface area contributed by atoms with Gasteiger partial charge < -0.3 is 5.32 Å². The second-order valence-corrected chi connectivity index (χ2v) is 7.66. The average molecular weight is 413 g/mol. The largest absolute Gasteiger partial charge is 0.329 e. The van der Waals surface area contributed by atoms with Crippen molar-refractivity contribution < 1.29 is 9.59 Å². The van der Waals surface area contributed by atoms with E-state index in [1.54, 1.807) is 0 Å². The van der Waals surface area contributed by atoms with E-state index in [-0.39, 0.29) is 18.5 Å². The molecule has 0 atom stereocenters. The Morgan fingerprint density at radius 3 is 2.64 bits per heavy atom. The van der Waals surface area contributed by atoms with Crippen molar-refractivity contribution in [2.45, 2.75) is 5.16 Å². The van der Waals surface area contributed by atoms with E-state index in [4.69, 9.17) is 11.6 Å². The first-order chi connectivity index (χ1) is 13.6. The van der Waals surface area contributed by atoms with Crippen LogP contribution in [0.1, 0.15) is 0 Å². The summed E-state index contributed by atoms with van der Waals surface area (Å²) in [6, 6.07) is 17.2. The van der Waals surface area contributed by atoms with Gasteiger partial charge in [0.25, 0.3) is 0 Å². The number of nitrogens with one attached hydrogen (secondary N) is 1. The molecule has 1 saturated heterocycles. The average Bonchev–Trinajstić information content (AvgIpc) is 3.27. The van der Waals surface area contributed by atoms with Crippen molar-refractivity contribution >= 4 is 35.3 Å². The summed E-state index contributed by atoms with van der Waals surface area (Å²) < 4.78 is 2.04. The van der Waals surface area contributed by atoms with Gasteiger partial charge in [0.2, 0.25) is 5.91 Å². The van der Waals surface area contributed by atoms with Crippen molar-refractivity contribution in [2.75, 3.05) is 18.8 Å². The molecule has 0 bridgehead atoms. The van der Waals surface area contributed by atoms with E-state index in [0.29, 0.717) is 17.3 Å². The van der Waals surface area contributed by atoms with E-state index in [1.165, 1.54) is 16.7 Å². The fourth-order valence-electron chi connectivity index (χ4n) is 3.02. The van der Waals surface area contributed by atoms with E-state index in [2.05, 4.69) is 10.3 Å². The molecular formula is C20H17ClN4O2S. The molecule has 0 saturated carbocycles. The number of urea groups is 1. The van der Waals surface area contributed by atoms with Gasteiger partial charge in [-0.15, -0.1) is 0 Å². The van der Waals surface area contributed by atoms with Crippen LogP contribution in [0.4, 0.5) is 4.79 Å². The molecule has 142 valence electrons. The van der Waals surface area contributed by atoms with Gasteiger partial charge in [-0.3, -0.25) is 14.3 Å². The number of halogens is 1. The highest BCUT2D eigenvalue weighted by Gasteiger charge is 2.28. The Bertz CT molecular complexity index is 1010. The molecule has 1 aliphatic heterocycles. The van der Waals surface area contributed by atoms with Crippen LogP contribution in [-0.4, -0.2) is 45.2 Å². The first kappa shape index (κ1) is 18.6. The number of rotatable bonds is 6. The fraction of sp³-hybridized carbons (Fsp3) is 0.150. The number of carbonyl (C=O) groups excluding carboxylic acids is 2. The van der Waals surface area contributed by atoms with E-state index < -0.39 is 0 Å². The molecular weight excluding hydrogens is 396 g/mol. The lowest BCUT2D eigenvalue weighted by molar-refractivity contribution is -0.124. The molecule has 3 aromatic rings. The molecule has 2 aromatic carbocycles. The predicted octanol–water partition coefficient (Wildman–Crippen LogP) is 3.84. The minimum atomic E-state index is -0.339. The second kappa shape index (κ2) is 8.08. The van der Waals surface area contributed by atoms with E-state index in [0.717, 1.165) is 22.1 Å². The molecule has 2 heterocycles. The molecule has 1 aromatic heterocycles. The molecule has 8 heteroatoms. The summed E-state index contributed by atoms with van der Waals surface area (Å²) in [7, 11) is 0. The van der Waals surface area contributed by atoms with Gasteiger partial charge >= 0.3 is 6.03 Å². The van der Waals surface area contributed by atoms with Crippen LogP contribution in [0, 0.1) is 0 Å². The van der Waals surface area contributed by atoms with Crippen molar-refractivity contribution in [3.8, 4) is 16.9 Å². The summed E-state index contributed by atoms with van der Waals surface area (Å²) in [6.07, 6.45) is 1.83. The molecule has 0 aliphatic carbocycles. The second-order valence-electron chi connectivity index (χ2n) is 6.16. The van der Waals surface area contributed by atoms with E-state index >= 15 is 0 Å². The van der Waals surface area contributed by atoms with Crippen LogP contribution in [-0.2, 0) is 4.79 Å². The summed E-state index contributed by atoms with van der Waals surface area (Å²) in [5.41, 5.74) is 2.89. The Labute approximate surface area is 171 Å². The maximum atomic E-state index is 11.7. The molecule has 1 fully saturated rings. The number of imidazole rings is 1. The first-order valence-corrected chi connectivity index (χ1v) is 10.1. The molecule has 0 unspecified atom stereocenters. The molecule has 6 nitrogen and oxygen atoms in total. The zero-order valence-corrected chi connectivity index (χ0v) is 16.4. The van der Waals surface area contributed by atoms with Gasteiger partial charge in [-0.1, -0.05) is 59.8 Å². The lowest BCUT2D eigenvalue weighted by Crippen LogP contribution is -2.32. The SMILES string of the molecule is O=C1CNC(=O)N1CCSc1ncc(-c2ccccc2)n1-c1cccc(Cl)c1. The number of nitrogens with zero attached hydrogens (tertiary/aromatic N) is 3. The lowest BCUT2D eigenvalue weighted by Gasteiger charge is -2.14. The lowest BCUT2D eigenvalue weighted by atomic mass is 10.1. The summed E-state index contributed by atoms with van der Waals surface area (Å²) >= 11 is 7.69. The van der Waals surface area contributed by atoms with Gasteiger partial charge in [-0.05, 0) is 18.2 Å². The van der Waals surface area contributed by atoms with Crippen LogP contribution >= 0.6 is 23.4 Å². The van der Waals surface area contributed by atoms with E-state index in [9.17, 15) is 9.59 Å². The highest BCUT2D eigenvalue weighted by atomic mass is 35.5. The Morgan fingerprint density at radius 2 is 1.93 bits per heavy atom. The van der Waals surface area contributed by atoms with Crippen LogP contribution in [0.5, 0.6) is 0 Å². The molecule has 0 spiro atoms. The summed E-state index contributed by atoms with van der Waals surface area (Å²) in [5, 5.41) is 3.94. The monoisotopic (exact) mass is 412 g/mol. The van der Waals surface area contributed by atoms with Gasteiger partial charge in [0.15, 0.2) is 5.16 Å². The van der Waals surface area contributed by atoms with Crippen molar-refractivity contribution in [1.82, 2.24) is 19.8 Å². The number of imide groups is 1. The zero-order chi connectivity index (χ0) is 19.5. The van der Waals surface area contributed by atoms with Crippen molar-refractivity contribution in [2.24, 2.45) is 0 Å². The Morgan fingerprint density at radius 1 is 1.11 bits per heavy atom. The maximum Gasteiger partial charge on any atom is 0.324 e. The topological polar surface area (TPSA) is 67.2 Å². The highest BCUT2D eigenvalue weighted by molar-refractivity contribution is 7.99. The number of hydrogen-bond acceptors (Lipinski definition) is 4. The molecule has 1 aliphatic rings. The van der Waals surface area contributed by atoms with Gasteiger partial charge in [-0.25, -0.2) is 9.78 Å². The third kappa shape index (κ3) is 3.76. The van der Waals surface area contributed by atoms with Crippen LogP contribution in [0.2, 0.25) is 5.02 Å². The number of aromatic nitrogens is 2. The third-order valence-corrected chi connectivity index (χ3v) is 5.52. The molecule has 28 heavy (non-hydrogen) atoms. The summed E-state index contributed by atoms with van der Waals surface area (Å²) in [6.45, 7) is 0.400. The van der Waals surface area contributed by atoms with Crippen LogP contribution in [0.25, 0.3) is 16.9 Å². The number of hydrogen-bond donors (Lipinski definition) is 1. The minimum absolute atomic E-state index is 0.0683. The Kier molecular flexibility index (Phi) is 5.36. The molecule has 3 amide bonds. The standard InChI is InChI=1S/C20H17ClN4O2S/c21-15-7-4-8-16(11-15)25-17(14-5-2-1-3-6-14)12-23-20(25)28-10-9-24-18(26)13-22-19(24)27/h1-8,11-12H,9-10,13H2,(H,22,27). The highest BCUT2D eigenvalue weighted by Crippen LogP contribution is 2.30. The summed E-state index contributed by atoms with van der Waals surface area (Å²) in [4.78, 5) is 29.2. The van der Waals surface area contributed by atoms with Crippen molar-refractivity contribution in [3.05, 3.63) is 65.8 Å². The number of amides is 3.